The molecule has 0 fully saturated rings. The van der Waals surface area contributed by atoms with Crippen molar-refractivity contribution in [1.82, 2.24) is 5.32 Å². The number of aliphatic carboxylic acids is 1. The Morgan fingerprint density at radius 1 is 0.962 bits per heavy atom. The van der Waals surface area contributed by atoms with E-state index in [1.54, 1.807) is 0 Å². The molecule has 0 radical (unpaired) electrons. The van der Waals surface area contributed by atoms with Gasteiger partial charge in [0.25, 0.3) is 0 Å². The van der Waals surface area contributed by atoms with Gasteiger partial charge in [-0.05, 0) is 0 Å². The molecule has 0 aliphatic heterocycles. The van der Waals surface area contributed by atoms with Crippen molar-refractivity contribution in [3.8, 4) is 0 Å². The summed E-state index contributed by atoms with van der Waals surface area (Å²) in [7, 11) is 0. The van der Waals surface area contributed by atoms with E-state index < -0.39 is 67.2 Å². The third kappa shape index (κ3) is 5.12. The summed E-state index contributed by atoms with van der Waals surface area (Å²) in [4.78, 5) is 22.5. The molecule has 8 atom stereocenters. The average molecular weight is 388 g/mol. The maximum atomic E-state index is 11.3. The van der Waals surface area contributed by atoms with Gasteiger partial charge in [0.1, 0.15) is 36.6 Å². The van der Waals surface area contributed by atoms with Crippen LogP contribution in [0.2, 0.25) is 0 Å². The number of aliphatic hydroxyl groups excluding tert-OH is 8. The third-order valence-electron chi connectivity index (χ3n) is 3.66. The summed E-state index contributed by atoms with van der Waals surface area (Å²) in [5.74, 6) is -2.32. The molecule has 14 nitrogen and oxygen atoms in total. The fraction of sp³-hybridized carbons (Fsp3) is 0.833. The summed E-state index contributed by atoms with van der Waals surface area (Å²) < 4.78 is 0. The Morgan fingerprint density at radius 2 is 1.35 bits per heavy atom. The SMILES string of the molecule is N[C@@](C=O)(N[C@](O)(C(=O)O)[C@@H](O)[C@H](O)[C@H](O)CO)[C@@H](O)[C@H](O)[C@H](O)CO. The molecule has 14 heteroatoms. The molecule has 0 aliphatic carbocycles. The highest BCUT2D eigenvalue weighted by atomic mass is 16.4. The second-order valence-corrected chi connectivity index (χ2v) is 5.62. The zero-order valence-corrected chi connectivity index (χ0v) is 13.3. The number of aldehydes is 1. The van der Waals surface area contributed by atoms with Crippen LogP contribution in [-0.2, 0) is 9.59 Å². The summed E-state index contributed by atoms with van der Waals surface area (Å²) in [6, 6.07) is 0. The lowest BCUT2D eigenvalue weighted by molar-refractivity contribution is -0.209. The molecule has 13 N–H and O–H groups in total. The predicted molar refractivity (Wildman–Crippen MR) is 78.9 cm³/mol. The molecule has 0 saturated carbocycles. The van der Waals surface area contributed by atoms with Crippen molar-refractivity contribution in [3.63, 3.8) is 0 Å². The van der Waals surface area contributed by atoms with Crippen molar-refractivity contribution in [2.45, 2.75) is 48.0 Å². The second kappa shape index (κ2) is 9.58. The lowest BCUT2D eigenvalue weighted by Crippen LogP contribution is -2.78. The van der Waals surface area contributed by atoms with E-state index in [9.17, 15) is 45.3 Å². The Kier molecular flexibility index (Phi) is 9.10. The van der Waals surface area contributed by atoms with Crippen molar-refractivity contribution < 1.29 is 60.7 Å². The molecule has 0 aromatic carbocycles. The second-order valence-electron chi connectivity index (χ2n) is 5.62. The lowest BCUT2D eigenvalue weighted by atomic mass is 9.91. The number of carbonyl (C=O) groups excluding carboxylic acids is 1. The van der Waals surface area contributed by atoms with Crippen LogP contribution in [0, 0.1) is 0 Å². The number of carboxylic acid groups (broad SMARTS) is 1. The smallest absolute Gasteiger partial charge is 0.354 e. The van der Waals surface area contributed by atoms with Gasteiger partial charge in [-0.15, -0.1) is 0 Å². The summed E-state index contributed by atoms with van der Waals surface area (Å²) in [5.41, 5.74) is -1.30. The molecule has 0 spiro atoms. The molecular weight excluding hydrogens is 364 g/mol. The number of rotatable bonds is 12. The first-order chi connectivity index (χ1) is 11.8. The molecule has 0 rings (SSSR count). The first-order valence-electron chi connectivity index (χ1n) is 7.12. The van der Waals surface area contributed by atoms with Gasteiger partial charge in [0.05, 0.1) is 13.2 Å². The predicted octanol–water partition coefficient (Wildman–Crippen LogP) is -7.65. The van der Waals surface area contributed by atoms with Gasteiger partial charge in [-0.25, -0.2) is 4.79 Å². The van der Waals surface area contributed by atoms with Gasteiger partial charge in [-0.1, -0.05) is 0 Å². The zero-order valence-electron chi connectivity index (χ0n) is 13.3. The van der Waals surface area contributed by atoms with Crippen LogP contribution in [0.3, 0.4) is 0 Å². The van der Waals surface area contributed by atoms with E-state index in [2.05, 4.69) is 0 Å². The lowest BCUT2D eigenvalue weighted by Gasteiger charge is -2.42. The van der Waals surface area contributed by atoms with Crippen molar-refractivity contribution in [1.29, 1.82) is 0 Å². The van der Waals surface area contributed by atoms with Gasteiger partial charge in [0.15, 0.2) is 11.9 Å². The van der Waals surface area contributed by atoms with E-state index in [0.717, 1.165) is 0 Å². The van der Waals surface area contributed by atoms with E-state index in [4.69, 9.17) is 21.1 Å². The highest BCUT2D eigenvalue weighted by Crippen LogP contribution is 2.19. The molecular formula is C12H24N2O12. The van der Waals surface area contributed by atoms with Crippen molar-refractivity contribution in [2.75, 3.05) is 13.2 Å². The Hall–Kier alpha value is -1.30. The first-order valence-corrected chi connectivity index (χ1v) is 7.12. The van der Waals surface area contributed by atoms with Crippen LogP contribution in [0.1, 0.15) is 0 Å². The number of nitrogens with two attached hydrogens (primary N) is 1. The minimum absolute atomic E-state index is 0.375. The van der Waals surface area contributed by atoms with Gasteiger partial charge < -0.3 is 56.8 Å². The van der Waals surface area contributed by atoms with E-state index in [-0.39, 0.29) is 6.29 Å². The molecule has 154 valence electrons. The van der Waals surface area contributed by atoms with Crippen LogP contribution in [-0.4, -0.2) is 125 Å². The van der Waals surface area contributed by atoms with E-state index in [1.807, 2.05) is 0 Å². The third-order valence-corrected chi connectivity index (χ3v) is 3.66. The van der Waals surface area contributed by atoms with Crippen LogP contribution in [0.25, 0.3) is 0 Å². The number of hydrogen-bond acceptors (Lipinski definition) is 13. The average Bonchev–Trinajstić information content (AvgIpc) is 2.63. The van der Waals surface area contributed by atoms with Crippen LogP contribution in [0.4, 0.5) is 0 Å². The van der Waals surface area contributed by atoms with E-state index in [0.29, 0.717) is 0 Å². The molecule has 0 bridgehead atoms. The van der Waals surface area contributed by atoms with Crippen LogP contribution in [0.15, 0.2) is 0 Å². The fourth-order valence-corrected chi connectivity index (χ4v) is 1.92. The minimum atomic E-state index is -3.67. The zero-order chi connectivity index (χ0) is 20.9. The van der Waals surface area contributed by atoms with Gasteiger partial charge in [-0.2, -0.15) is 0 Å². The highest BCUT2D eigenvalue weighted by Gasteiger charge is 2.55. The van der Waals surface area contributed by atoms with Gasteiger partial charge in [-0.3, -0.25) is 10.1 Å². The molecule has 0 aromatic heterocycles. The Balaban J connectivity index is 5.81. The number of carbonyl (C=O) groups is 2. The molecule has 0 amide bonds. The Labute approximate surface area is 146 Å². The first kappa shape index (κ1) is 24.7. The maximum Gasteiger partial charge on any atom is 0.354 e. The van der Waals surface area contributed by atoms with E-state index in [1.165, 1.54) is 5.32 Å². The highest BCUT2D eigenvalue weighted by molar-refractivity contribution is 5.79. The normalized spacial score (nSPS) is 23.6. The summed E-state index contributed by atoms with van der Waals surface area (Å²) in [5, 5.41) is 95.5. The summed E-state index contributed by atoms with van der Waals surface area (Å²) in [6.45, 7) is -2.22. The number of nitrogens with one attached hydrogen (secondary N) is 1. The summed E-state index contributed by atoms with van der Waals surface area (Å²) >= 11 is 0. The molecule has 0 unspecified atom stereocenters. The topological polar surface area (TPSA) is 274 Å². The Morgan fingerprint density at radius 3 is 1.65 bits per heavy atom. The van der Waals surface area contributed by atoms with Crippen molar-refractivity contribution in [2.24, 2.45) is 5.73 Å². The molecule has 0 heterocycles. The Bertz CT molecular complexity index is 481. The monoisotopic (exact) mass is 388 g/mol. The summed E-state index contributed by atoms with van der Waals surface area (Å²) in [6.07, 6.45) is -14.6. The molecule has 0 aliphatic rings. The van der Waals surface area contributed by atoms with E-state index >= 15 is 0 Å². The molecule has 0 saturated heterocycles. The van der Waals surface area contributed by atoms with Crippen LogP contribution < -0.4 is 11.1 Å². The van der Waals surface area contributed by atoms with Crippen LogP contribution >= 0.6 is 0 Å². The fourth-order valence-electron chi connectivity index (χ4n) is 1.92. The largest absolute Gasteiger partial charge is 0.478 e. The van der Waals surface area contributed by atoms with Gasteiger partial charge in [0, 0.05) is 0 Å². The molecule has 26 heavy (non-hydrogen) atoms. The standard InChI is InChI=1S/C12H24N2O12/c13-11(3-17,8(22)6(20)4(18)1-15)14-12(26,10(24)25)9(23)7(21)5(19)2-16/h3-9,14-16,18-23,26H,1-2,13H2,(H,24,25)/t4-,5-,6-,7-,8+,9+,11+,12-/m1/s1. The maximum absolute atomic E-state index is 11.3. The number of carboxylic acids is 1. The number of aliphatic hydroxyl groups is 9. The van der Waals surface area contributed by atoms with Crippen molar-refractivity contribution >= 4 is 12.3 Å². The van der Waals surface area contributed by atoms with Crippen LogP contribution in [0.5, 0.6) is 0 Å². The number of hydrogen-bond donors (Lipinski definition) is 12. The molecule has 0 aromatic rings. The van der Waals surface area contributed by atoms with Gasteiger partial charge in [0.2, 0.25) is 5.72 Å². The van der Waals surface area contributed by atoms with Gasteiger partial charge >= 0.3 is 5.97 Å². The minimum Gasteiger partial charge on any atom is -0.478 e. The quantitative estimate of drug-likeness (QED) is 0.109. The van der Waals surface area contributed by atoms with Crippen molar-refractivity contribution in [3.05, 3.63) is 0 Å².